The minimum Gasteiger partial charge on any atom is -0.478 e. The van der Waals surface area contributed by atoms with Crippen LogP contribution >= 0.6 is 0 Å². The summed E-state index contributed by atoms with van der Waals surface area (Å²) < 4.78 is 1.86. The zero-order chi connectivity index (χ0) is 18.1. The van der Waals surface area contributed by atoms with E-state index in [0.29, 0.717) is 17.5 Å². The lowest BCUT2D eigenvalue weighted by atomic mass is 9.98. The summed E-state index contributed by atoms with van der Waals surface area (Å²) in [6.45, 7) is 8.63. The predicted molar refractivity (Wildman–Crippen MR) is 96.3 cm³/mol. The molecule has 0 fully saturated rings. The van der Waals surface area contributed by atoms with Gasteiger partial charge in [0.1, 0.15) is 5.82 Å². The van der Waals surface area contributed by atoms with Gasteiger partial charge in [-0.25, -0.2) is 9.48 Å². The molecule has 0 saturated carbocycles. The Labute approximate surface area is 146 Å². The molecule has 3 rings (SSSR count). The lowest BCUT2D eigenvalue weighted by molar-refractivity contribution is 0.0696. The Morgan fingerprint density at radius 3 is 2.40 bits per heavy atom. The molecule has 0 saturated heterocycles. The maximum atomic E-state index is 10.9. The molecule has 3 heterocycles. The van der Waals surface area contributed by atoms with Crippen molar-refractivity contribution in [3.63, 3.8) is 0 Å². The maximum absolute atomic E-state index is 10.9. The van der Waals surface area contributed by atoms with Crippen LogP contribution in [-0.2, 0) is 0 Å². The molecule has 25 heavy (non-hydrogen) atoms. The number of pyridine rings is 1. The molecule has 3 aromatic heterocycles. The third kappa shape index (κ3) is 3.33. The number of aromatic nitrogens is 4. The van der Waals surface area contributed by atoms with E-state index in [0.717, 1.165) is 17.2 Å². The van der Waals surface area contributed by atoms with Crippen LogP contribution in [0, 0.1) is 0 Å². The number of hydrogen-bond acceptors (Lipinski definition) is 3. The molecule has 130 valence electrons. The van der Waals surface area contributed by atoms with Crippen LogP contribution in [0.25, 0.3) is 17.2 Å². The molecule has 0 bridgehead atoms. The van der Waals surface area contributed by atoms with E-state index in [2.05, 4.69) is 43.9 Å². The molecule has 0 aliphatic carbocycles. The summed E-state index contributed by atoms with van der Waals surface area (Å²) >= 11 is 0. The van der Waals surface area contributed by atoms with Gasteiger partial charge >= 0.3 is 5.97 Å². The number of carbonyl (C=O) groups is 1. The summed E-state index contributed by atoms with van der Waals surface area (Å²) in [6, 6.07) is 7.11. The van der Waals surface area contributed by atoms with E-state index in [1.165, 1.54) is 11.8 Å². The first kappa shape index (κ1) is 17.0. The second-order valence-electron chi connectivity index (χ2n) is 6.72. The van der Waals surface area contributed by atoms with Crippen LogP contribution in [0.3, 0.4) is 0 Å². The molecular weight excluding hydrogens is 316 g/mol. The highest BCUT2D eigenvalue weighted by Crippen LogP contribution is 2.26. The molecule has 0 unspecified atom stereocenters. The normalized spacial score (nSPS) is 11.4. The van der Waals surface area contributed by atoms with Gasteiger partial charge in [0.05, 0.1) is 22.6 Å². The third-order valence-electron chi connectivity index (χ3n) is 4.15. The van der Waals surface area contributed by atoms with Crippen molar-refractivity contribution in [2.45, 2.75) is 39.5 Å². The summed E-state index contributed by atoms with van der Waals surface area (Å²) in [6.07, 6.45) is 3.43. The Hall–Kier alpha value is -2.89. The number of carboxylic acid groups (broad SMARTS) is 1. The quantitative estimate of drug-likeness (QED) is 0.730. The Morgan fingerprint density at radius 1 is 1.12 bits per heavy atom. The molecule has 0 aliphatic heterocycles. The molecule has 2 N–H and O–H groups in total. The first-order valence-corrected chi connectivity index (χ1v) is 8.35. The van der Waals surface area contributed by atoms with Gasteiger partial charge in [0.15, 0.2) is 0 Å². The molecule has 6 heteroatoms. The van der Waals surface area contributed by atoms with Crippen LogP contribution in [-0.4, -0.2) is 30.8 Å². The van der Waals surface area contributed by atoms with Crippen LogP contribution in [0.1, 0.15) is 61.1 Å². The Bertz CT molecular complexity index is 863. The van der Waals surface area contributed by atoms with Crippen LogP contribution in [0.15, 0.2) is 36.7 Å². The van der Waals surface area contributed by atoms with E-state index in [9.17, 15) is 4.79 Å². The summed E-state index contributed by atoms with van der Waals surface area (Å²) in [5.41, 5.74) is 4.03. The second kappa shape index (κ2) is 6.55. The standard InChI is InChI=1S/C19H22N4O2/c1-11(2)14-10-23(22-18(14)12(3)4)17-8-7-16(21-17)15-6-5-13(9-20-15)19(24)25/h5-12,21H,1-4H3,(H,24,25). The minimum absolute atomic E-state index is 0.172. The van der Waals surface area contributed by atoms with Gasteiger partial charge in [0, 0.05) is 12.4 Å². The highest BCUT2D eigenvalue weighted by Gasteiger charge is 2.16. The SMILES string of the molecule is CC(C)c1cn(-c2ccc(-c3ccc(C(=O)O)cn3)[nH]2)nc1C(C)C. The fourth-order valence-electron chi connectivity index (χ4n) is 2.76. The Balaban J connectivity index is 1.93. The van der Waals surface area contributed by atoms with Gasteiger partial charge in [0.25, 0.3) is 0 Å². The van der Waals surface area contributed by atoms with Crippen molar-refractivity contribution < 1.29 is 9.90 Å². The van der Waals surface area contributed by atoms with Crippen molar-refractivity contribution in [3.8, 4) is 17.2 Å². The lowest BCUT2D eigenvalue weighted by Gasteiger charge is -2.06. The summed E-state index contributed by atoms with van der Waals surface area (Å²) in [5.74, 6) is 0.641. The molecule has 0 aliphatic rings. The van der Waals surface area contributed by atoms with Crippen LogP contribution in [0.4, 0.5) is 0 Å². The van der Waals surface area contributed by atoms with Gasteiger partial charge in [-0.2, -0.15) is 5.10 Å². The first-order valence-electron chi connectivity index (χ1n) is 8.35. The second-order valence-corrected chi connectivity index (χ2v) is 6.72. The zero-order valence-corrected chi connectivity index (χ0v) is 14.8. The molecule has 0 amide bonds. The lowest BCUT2D eigenvalue weighted by Crippen LogP contribution is -1.99. The van der Waals surface area contributed by atoms with E-state index in [-0.39, 0.29) is 5.56 Å². The number of nitrogens with one attached hydrogen (secondary N) is 1. The topological polar surface area (TPSA) is 83.8 Å². The van der Waals surface area contributed by atoms with E-state index >= 15 is 0 Å². The van der Waals surface area contributed by atoms with Crippen molar-refractivity contribution in [2.75, 3.05) is 0 Å². The molecule has 0 spiro atoms. The first-order chi connectivity index (χ1) is 11.9. The van der Waals surface area contributed by atoms with E-state index < -0.39 is 5.97 Å². The number of H-pyrrole nitrogens is 1. The number of nitrogens with zero attached hydrogens (tertiary/aromatic N) is 3. The molecule has 0 radical (unpaired) electrons. The average Bonchev–Trinajstić information content (AvgIpc) is 3.22. The monoisotopic (exact) mass is 338 g/mol. The van der Waals surface area contributed by atoms with Crippen LogP contribution in [0.5, 0.6) is 0 Å². The Kier molecular flexibility index (Phi) is 4.44. The summed E-state index contributed by atoms with van der Waals surface area (Å²) in [5, 5.41) is 13.7. The zero-order valence-electron chi connectivity index (χ0n) is 14.8. The fourth-order valence-corrected chi connectivity index (χ4v) is 2.76. The largest absolute Gasteiger partial charge is 0.478 e. The Morgan fingerprint density at radius 2 is 1.88 bits per heavy atom. The van der Waals surface area contributed by atoms with E-state index in [1.807, 2.05) is 16.8 Å². The van der Waals surface area contributed by atoms with Crippen molar-refractivity contribution in [2.24, 2.45) is 0 Å². The van der Waals surface area contributed by atoms with Gasteiger partial charge in [-0.15, -0.1) is 0 Å². The maximum Gasteiger partial charge on any atom is 0.337 e. The van der Waals surface area contributed by atoms with Gasteiger partial charge in [-0.05, 0) is 41.7 Å². The smallest absolute Gasteiger partial charge is 0.337 e. The number of carboxylic acids is 1. The number of hydrogen-bond donors (Lipinski definition) is 2. The van der Waals surface area contributed by atoms with Gasteiger partial charge in [0.2, 0.25) is 0 Å². The number of rotatable bonds is 5. The van der Waals surface area contributed by atoms with Crippen LogP contribution in [0.2, 0.25) is 0 Å². The van der Waals surface area contributed by atoms with Crippen molar-refractivity contribution in [1.82, 2.24) is 19.7 Å². The molecule has 6 nitrogen and oxygen atoms in total. The van der Waals surface area contributed by atoms with Gasteiger partial charge in [-0.1, -0.05) is 27.7 Å². The third-order valence-corrected chi connectivity index (χ3v) is 4.15. The molecular formula is C19H22N4O2. The fraction of sp³-hybridized carbons (Fsp3) is 0.316. The molecule has 3 aromatic rings. The minimum atomic E-state index is -0.981. The predicted octanol–water partition coefficient (Wildman–Crippen LogP) is 4.21. The summed E-state index contributed by atoms with van der Waals surface area (Å²) in [4.78, 5) is 18.4. The highest BCUT2D eigenvalue weighted by atomic mass is 16.4. The summed E-state index contributed by atoms with van der Waals surface area (Å²) in [7, 11) is 0. The van der Waals surface area contributed by atoms with E-state index in [1.54, 1.807) is 12.1 Å². The highest BCUT2D eigenvalue weighted by molar-refractivity contribution is 5.87. The van der Waals surface area contributed by atoms with Crippen molar-refractivity contribution in [3.05, 3.63) is 53.5 Å². The van der Waals surface area contributed by atoms with Gasteiger partial charge < -0.3 is 10.1 Å². The number of aromatic amines is 1. The van der Waals surface area contributed by atoms with E-state index in [4.69, 9.17) is 10.2 Å². The molecule has 0 atom stereocenters. The van der Waals surface area contributed by atoms with Crippen molar-refractivity contribution in [1.29, 1.82) is 0 Å². The van der Waals surface area contributed by atoms with Crippen LogP contribution < -0.4 is 0 Å². The van der Waals surface area contributed by atoms with Crippen molar-refractivity contribution >= 4 is 5.97 Å². The number of aromatic carboxylic acids is 1. The average molecular weight is 338 g/mol. The van der Waals surface area contributed by atoms with Gasteiger partial charge in [-0.3, -0.25) is 4.98 Å². The molecule has 0 aromatic carbocycles.